The number of Topliss-reactive ketones (excluding diaryl/α,β-unsaturated/α-hetero) is 2. The fourth-order valence-electron chi connectivity index (χ4n) is 19.7. The summed E-state index contributed by atoms with van der Waals surface area (Å²) < 4.78 is 34.5. The molecular weight excluding hydrogens is 1720 g/mol. The molecule has 37 heteroatoms. The average Bonchev–Trinajstić information content (AvgIpc) is 1.58. The van der Waals surface area contributed by atoms with Crippen LogP contribution in [-0.4, -0.2) is 329 Å². The molecule has 4 fully saturated rings. The second-order valence-corrected chi connectivity index (χ2v) is 40.3. The third kappa shape index (κ3) is 27.0. The van der Waals surface area contributed by atoms with Crippen LogP contribution in [0.3, 0.4) is 0 Å². The van der Waals surface area contributed by atoms with Crippen LogP contribution in [0.4, 0.5) is 9.18 Å². The van der Waals surface area contributed by atoms with Crippen LogP contribution >= 0.6 is 0 Å². The molecule has 133 heavy (non-hydrogen) atoms. The maximum absolute atomic E-state index is 17.7. The Morgan fingerprint density at radius 3 is 1.68 bits per heavy atom. The van der Waals surface area contributed by atoms with Crippen molar-refractivity contribution in [2.75, 3.05) is 89.2 Å². The summed E-state index contributed by atoms with van der Waals surface area (Å²) in [6, 6.07) is -13.8. The first-order chi connectivity index (χ1) is 61.7. The van der Waals surface area contributed by atoms with E-state index in [4.69, 9.17) is 14.2 Å². The molecule has 748 valence electrons. The van der Waals surface area contributed by atoms with Crippen LogP contribution in [0.5, 0.6) is 0 Å². The Hall–Kier alpha value is -10.1. The quantitative estimate of drug-likeness (QED) is 0.0287. The number of aliphatic hydroxyl groups is 2. The van der Waals surface area contributed by atoms with Gasteiger partial charge in [0.15, 0.2) is 18.1 Å². The highest BCUT2D eigenvalue weighted by Crippen LogP contribution is 2.71. The number of fused-ring (bicyclic) bond motifs is 5. The van der Waals surface area contributed by atoms with E-state index in [-0.39, 0.29) is 87.2 Å². The minimum Gasteiger partial charge on any atom is -0.458 e. The summed E-state index contributed by atoms with van der Waals surface area (Å²) in [5.74, 6) is -18.7. The van der Waals surface area contributed by atoms with Gasteiger partial charge in [0, 0.05) is 86.0 Å². The highest BCUT2D eigenvalue weighted by atomic mass is 19.1. The van der Waals surface area contributed by atoms with E-state index in [1.54, 1.807) is 81.4 Å². The summed E-state index contributed by atoms with van der Waals surface area (Å²) in [5.41, 5.74) is -6.42. The molecule has 0 spiro atoms. The number of carbonyl (C=O) groups is 18. The summed E-state index contributed by atoms with van der Waals surface area (Å²) in [7, 11) is 10.6. The summed E-state index contributed by atoms with van der Waals surface area (Å²) in [4.78, 5) is 268. The third-order valence-corrected chi connectivity index (χ3v) is 27.7. The summed E-state index contributed by atoms with van der Waals surface area (Å²) in [5, 5.41) is 37.3. The first-order valence-electron chi connectivity index (χ1n) is 46.9. The average molecular weight is 1880 g/mol. The van der Waals surface area contributed by atoms with Gasteiger partial charge in [0.2, 0.25) is 76.7 Å². The van der Waals surface area contributed by atoms with Crippen molar-refractivity contribution in [2.24, 2.45) is 70.0 Å². The summed E-state index contributed by atoms with van der Waals surface area (Å²) in [6.07, 6.45) is 2.51. The molecule has 0 radical (unpaired) electrons. The van der Waals surface area contributed by atoms with Gasteiger partial charge >= 0.3 is 18.0 Å². The predicted molar refractivity (Wildman–Crippen MR) is 492 cm³/mol. The lowest BCUT2D eigenvalue weighted by atomic mass is 9.44. The Balaban J connectivity index is 1.43. The van der Waals surface area contributed by atoms with Gasteiger partial charge in [-0.25, -0.2) is 9.18 Å². The number of aliphatic hydroxyl groups excluding tert-OH is 1. The van der Waals surface area contributed by atoms with E-state index < -0.39 is 283 Å². The second kappa shape index (κ2) is 48.4. The minimum absolute atomic E-state index is 0.0188. The molecule has 0 aromatic heterocycles. The number of allylic oxidation sites excluding steroid dienone is 6. The summed E-state index contributed by atoms with van der Waals surface area (Å²) in [6.45, 7) is 30.1. The molecule has 1 saturated heterocycles. The molecule has 0 aromatic carbocycles. The monoisotopic (exact) mass is 1880 g/mol. The fourth-order valence-corrected chi connectivity index (χ4v) is 19.7. The Morgan fingerprint density at radius 2 is 1.14 bits per heavy atom. The topological polar surface area (TPSA) is 461 Å². The zero-order valence-electron chi connectivity index (χ0n) is 83.7. The molecule has 1 heterocycles. The van der Waals surface area contributed by atoms with Crippen LogP contribution in [0, 0.1) is 70.0 Å². The normalized spacial score (nSPS) is 29.9. The van der Waals surface area contributed by atoms with Crippen molar-refractivity contribution in [3.05, 3.63) is 36.0 Å². The molecule has 2 unspecified atom stereocenters. The van der Waals surface area contributed by atoms with Crippen molar-refractivity contribution < 1.29 is 115 Å². The van der Waals surface area contributed by atoms with E-state index in [0.717, 1.165) is 24.5 Å². The van der Waals surface area contributed by atoms with Crippen molar-refractivity contribution in [3.63, 3.8) is 0 Å². The zero-order chi connectivity index (χ0) is 101. The molecule has 3 saturated carbocycles. The number of carbonyl (C=O) groups excluding carboxylic acids is 18. The van der Waals surface area contributed by atoms with Crippen LogP contribution < -0.4 is 26.6 Å². The van der Waals surface area contributed by atoms with E-state index in [2.05, 4.69) is 26.6 Å². The molecule has 5 rings (SSSR count). The van der Waals surface area contributed by atoms with Crippen LogP contribution in [-0.2, 0) is 95.7 Å². The number of ether oxygens (including phenoxy) is 3. The highest BCUT2D eigenvalue weighted by Gasteiger charge is 2.76. The Bertz CT molecular complexity index is 4340. The van der Waals surface area contributed by atoms with Gasteiger partial charge in [-0.2, -0.15) is 0 Å². The first-order valence-corrected chi connectivity index (χ1v) is 46.9. The molecule has 5 aliphatic rings. The van der Waals surface area contributed by atoms with Gasteiger partial charge in [-0.15, -0.1) is 0 Å². The zero-order valence-corrected chi connectivity index (χ0v) is 83.7. The van der Waals surface area contributed by atoms with Gasteiger partial charge in [0.1, 0.15) is 97.6 Å². The second-order valence-electron chi connectivity index (χ2n) is 40.3. The fraction of sp³-hybridized carbons (Fsp3) is 0.750. The summed E-state index contributed by atoms with van der Waals surface area (Å²) >= 11 is 0. The first kappa shape index (κ1) is 113. The van der Waals surface area contributed by atoms with E-state index in [1.165, 1.54) is 103 Å². The van der Waals surface area contributed by atoms with Crippen LogP contribution in [0.2, 0.25) is 0 Å². The van der Waals surface area contributed by atoms with Crippen LogP contribution in [0.15, 0.2) is 36.0 Å². The number of halogens is 1. The SMILES string of the molecule is CC=CC[C@@H](C)[C@@H](OC(=O)CN(C)C(=O)CNC(=O)OCCC(=O)CCC(=O)OCC(=O)[C@@]1(O)[C@H](C)CC2C3CCC4=CC(=O)C=C[C@]4(C)[C@@]3(F)[C@@H](O)C[C@@]21C)[C@@H]1C(=O)N[C@@H](CC)C(=O)N(C)CC(=O)N(C)[C@@H](CC(C)C)C(=O)N[C@@H](C(C)C)C(=O)N(C)[C@@H](CC(C)C)C(=O)N[C@H](C)C(=O)N[C@H](C)C(=O)N(C)[C@H](CC(C)C)C(=O)N(C)[C@@H](CC(C)C)C(=O)N(C)[C@H](C(C)C)C(=O)N1C. The number of amides is 13. The van der Waals surface area contributed by atoms with Crippen LogP contribution in [0.1, 0.15) is 222 Å². The number of hydrogen-bond donors (Lipinski definition) is 7. The Kier molecular flexibility index (Phi) is 41.3. The number of nitrogens with one attached hydrogen (secondary N) is 5. The number of alkyl halides is 1. The van der Waals surface area contributed by atoms with E-state index >= 15 is 23.6 Å². The lowest BCUT2D eigenvalue weighted by Crippen LogP contribution is -2.69. The number of rotatable bonds is 29. The Labute approximate surface area is 784 Å². The van der Waals surface area contributed by atoms with E-state index in [9.17, 15) is 77.3 Å². The maximum atomic E-state index is 17.7. The standard InChI is InChI=1S/C96H154FN13O23/c1-29-31-32-58(15)81(133-77(118)50-103(21)74(115)48-98-92(129)131-40-38-63(111)34-36-76(117)132-51-73(114)96(130)59(16)45-66-65-35-33-62-46-64(112)37-39-93(62,19)95(65,97)72(113)47-94(66,96)20)80-85(122)101-67(30-2)87(124)104(22)49-75(116)105(23)68(41-52(3)4)84(121)102-78(56(11)12)90(127)106(24)69(42-53(5)6)83(120)99-60(17)82(119)100-61(18)86(123)107(25)70(43-54(7)8)88(125)108(26)71(44-55(9)10)89(126)109(27)79(57(13)14)91(128)110(80)28/h29,31,37,39,46,52-61,65-72,78-81,113,130H,30,32-36,38,40-45,47-51H2,1-28H3,(H,98,129)(H,99,120)(H,100,119)(H,101,122)(H,102,121)/t58-,59-,60-,61-,65?,66?,67+,68+,69+,70-,71+,72+,78+,79-,80-,81-,93+,94+,95+,96+/m1/s1. The van der Waals surface area contributed by atoms with Gasteiger partial charge in [-0.3, -0.25) is 81.5 Å². The number of esters is 2. The number of hydrogen-bond acceptors (Lipinski definition) is 23. The molecule has 0 bridgehead atoms. The molecule has 7 N–H and O–H groups in total. The lowest BCUT2D eigenvalue weighted by molar-refractivity contribution is -0.220. The van der Waals surface area contributed by atoms with Gasteiger partial charge in [-0.05, 0) is 157 Å². The van der Waals surface area contributed by atoms with Gasteiger partial charge < -0.3 is 90.2 Å². The molecule has 0 aromatic rings. The van der Waals surface area contributed by atoms with Crippen molar-refractivity contribution in [2.45, 2.75) is 306 Å². The number of nitrogens with zero attached hydrogens (tertiary/aromatic N) is 8. The Morgan fingerprint density at radius 1 is 0.609 bits per heavy atom. The number of alkyl carbamates (subject to hydrolysis) is 1. The van der Waals surface area contributed by atoms with Gasteiger partial charge in [0.25, 0.3) is 0 Å². The van der Waals surface area contributed by atoms with E-state index in [0.29, 0.717) is 12.0 Å². The molecular formula is C96H154FN13O23. The number of ketones is 3. The molecule has 20 atom stereocenters. The third-order valence-electron chi connectivity index (χ3n) is 27.7. The van der Waals surface area contributed by atoms with Crippen molar-refractivity contribution in [1.29, 1.82) is 0 Å². The largest absolute Gasteiger partial charge is 0.458 e. The molecule has 36 nitrogen and oxygen atoms in total. The molecule has 4 aliphatic carbocycles. The maximum Gasteiger partial charge on any atom is 0.407 e. The van der Waals surface area contributed by atoms with Crippen molar-refractivity contribution in [3.8, 4) is 0 Å². The van der Waals surface area contributed by atoms with Gasteiger partial charge in [0.05, 0.1) is 19.1 Å². The van der Waals surface area contributed by atoms with Gasteiger partial charge in [-0.1, -0.05) is 135 Å². The molecule has 13 amide bonds. The predicted octanol–water partition coefficient (Wildman–Crippen LogP) is 5.20. The number of likely N-dealkylation sites (N-methyl/N-ethyl adjacent to an activating group) is 8. The molecule has 1 aliphatic heterocycles. The van der Waals surface area contributed by atoms with Crippen LogP contribution in [0.25, 0.3) is 0 Å². The van der Waals surface area contributed by atoms with Crippen molar-refractivity contribution in [1.82, 2.24) is 65.8 Å². The van der Waals surface area contributed by atoms with E-state index in [1.807, 2.05) is 55.4 Å². The minimum atomic E-state index is -2.21. The highest BCUT2D eigenvalue weighted by molar-refractivity contribution is 6.02. The van der Waals surface area contributed by atoms with Crippen molar-refractivity contribution >= 4 is 106 Å². The smallest absolute Gasteiger partial charge is 0.407 e. The lowest BCUT2D eigenvalue weighted by Gasteiger charge is -2.62.